The van der Waals surface area contributed by atoms with E-state index in [0.29, 0.717) is 29.2 Å². The minimum absolute atomic E-state index is 0.0203. The second-order valence-corrected chi connectivity index (χ2v) is 12.7. The van der Waals surface area contributed by atoms with Crippen molar-refractivity contribution < 1.29 is 32.9 Å². The molecule has 7 rings (SSSR count). The molecule has 10 nitrogen and oxygen atoms in total. The number of methoxy groups -OCH3 is 1. The number of pyridine rings is 1. The molecule has 3 fully saturated rings. The van der Waals surface area contributed by atoms with Gasteiger partial charge in [0.15, 0.2) is 5.78 Å². The topological polar surface area (TPSA) is 105 Å². The van der Waals surface area contributed by atoms with Crippen LogP contribution in [0.4, 0.5) is 4.39 Å². The van der Waals surface area contributed by atoms with Crippen LogP contribution in [0.1, 0.15) is 71.0 Å². The molecule has 1 saturated carbocycles. The van der Waals surface area contributed by atoms with Crippen molar-refractivity contribution in [3.05, 3.63) is 82.6 Å². The Morgan fingerprint density at radius 3 is 2.60 bits per heavy atom. The maximum atomic E-state index is 15.0. The van der Waals surface area contributed by atoms with Gasteiger partial charge in [0, 0.05) is 35.8 Å². The fourth-order valence-electron chi connectivity index (χ4n) is 6.50. The Balaban J connectivity index is 0.985. The van der Waals surface area contributed by atoms with Gasteiger partial charge in [-0.2, -0.15) is 0 Å². The fraction of sp³-hybridized carbons (Fsp3) is 0.444. The van der Waals surface area contributed by atoms with Gasteiger partial charge in [0.1, 0.15) is 30.6 Å². The van der Waals surface area contributed by atoms with Crippen LogP contribution < -0.4 is 9.47 Å². The van der Waals surface area contributed by atoms with Crippen molar-refractivity contribution in [2.24, 2.45) is 5.92 Å². The van der Waals surface area contributed by atoms with Crippen molar-refractivity contribution in [1.82, 2.24) is 19.4 Å². The van der Waals surface area contributed by atoms with Gasteiger partial charge in [-0.25, -0.2) is 14.4 Å². The predicted molar refractivity (Wildman–Crippen MR) is 171 cm³/mol. The van der Waals surface area contributed by atoms with E-state index in [2.05, 4.69) is 15.5 Å². The molecule has 2 aromatic carbocycles. The van der Waals surface area contributed by atoms with Gasteiger partial charge in [-0.15, -0.1) is 0 Å². The number of carbonyl (C=O) groups is 2. The number of likely N-dealkylation sites (tertiary alicyclic amines) is 1. The molecule has 2 aliphatic heterocycles. The summed E-state index contributed by atoms with van der Waals surface area (Å²) >= 11 is 0. The monoisotopic (exact) mass is 642 g/mol. The van der Waals surface area contributed by atoms with E-state index in [-0.39, 0.29) is 36.9 Å². The summed E-state index contributed by atoms with van der Waals surface area (Å²) in [7, 11) is 1.49. The lowest BCUT2D eigenvalue weighted by molar-refractivity contribution is -0.129. The number of imidazole rings is 1. The van der Waals surface area contributed by atoms with E-state index in [9.17, 15) is 14.0 Å². The number of Topliss-reactive ketones (excluding diaryl/α,β-unsaturated/α-hetero) is 1. The van der Waals surface area contributed by atoms with Crippen LogP contribution in [0.15, 0.2) is 48.5 Å². The number of halogens is 1. The summed E-state index contributed by atoms with van der Waals surface area (Å²) in [5.41, 5.74) is 4.45. The Bertz CT molecular complexity index is 1760. The second kappa shape index (κ2) is 13.8. The van der Waals surface area contributed by atoms with Gasteiger partial charge < -0.3 is 23.5 Å². The Morgan fingerprint density at radius 2 is 1.87 bits per heavy atom. The average Bonchev–Trinajstić information content (AvgIpc) is 3.87. The van der Waals surface area contributed by atoms with Gasteiger partial charge in [-0.3, -0.25) is 14.5 Å². The summed E-state index contributed by atoms with van der Waals surface area (Å²) in [6.07, 6.45) is 4.79. The maximum Gasteiger partial charge on any atom is 0.293 e. The Kier molecular flexibility index (Phi) is 9.17. The minimum atomic E-state index is -0.487. The zero-order chi connectivity index (χ0) is 32.3. The van der Waals surface area contributed by atoms with Gasteiger partial charge in [-0.05, 0) is 81.1 Å². The molecule has 11 heteroatoms. The number of aromatic nitrogens is 3. The van der Waals surface area contributed by atoms with E-state index < -0.39 is 5.82 Å². The number of fused-ring (bicyclic) bond motifs is 1. The van der Waals surface area contributed by atoms with E-state index in [4.69, 9.17) is 28.9 Å². The molecule has 0 N–H and O–H groups in total. The van der Waals surface area contributed by atoms with Gasteiger partial charge >= 0.3 is 0 Å². The first-order chi connectivity index (χ1) is 23.0. The molecule has 4 heterocycles. The molecule has 4 aromatic rings. The van der Waals surface area contributed by atoms with Crippen molar-refractivity contribution in [3.63, 3.8) is 0 Å². The number of benzene rings is 2. The number of nitrogens with zero attached hydrogens (tertiary/aromatic N) is 4. The number of piperidine rings is 1. The number of rotatable bonds is 14. The quantitative estimate of drug-likeness (QED) is 0.129. The molecule has 246 valence electrons. The molecule has 2 aromatic heterocycles. The summed E-state index contributed by atoms with van der Waals surface area (Å²) in [5.74, 6) is 1.52. The fourth-order valence-corrected chi connectivity index (χ4v) is 6.50. The van der Waals surface area contributed by atoms with Gasteiger partial charge in [0.05, 0.1) is 42.9 Å². The highest BCUT2D eigenvalue weighted by Gasteiger charge is 2.33. The highest BCUT2D eigenvalue weighted by Crippen LogP contribution is 2.36. The molecule has 1 aliphatic carbocycles. The standard InChI is InChI=1S/C36H39FN4O6/c1-44-33-16-26(29(37)17-28(33)36(43)25-6-7-25)21-47-35-4-2-3-30(39-35)24-9-12-40(13-10-24)19-34-38-31-8-5-23(20-45-22-42)15-32(31)41(34)18-27-11-14-46-27/h2-5,8,15-17,22,24-25,27H,6-7,9-14,18-21H2,1H3/t27-/m0/s1. The smallest absolute Gasteiger partial charge is 0.293 e. The van der Waals surface area contributed by atoms with E-state index in [1.165, 1.54) is 13.2 Å². The van der Waals surface area contributed by atoms with Crippen molar-refractivity contribution >= 4 is 23.3 Å². The summed E-state index contributed by atoms with van der Waals surface area (Å²) in [6, 6.07) is 14.6. The molecule has 1 atom stereocenters. The predicted octanol–water partition coefficient (Wildman–Crippen LogP) is 5.59. The van der Waals surface area contributed by atoms with Crippen LogP contribution in [0, 0.1) is 11.7 Å². The third-order valence-corrected chi connectivity index (χ3v) is 9.46. The first kappa shape index (κ1) is 31.3. The maximum absolute atomic E-state index is 15.0. The van der Waals surface area contributed by atoms with Crippen LogP contribution >= 0.6 is 0 Å². The van der Waals surface area contributed by atoms with E-state index >= 15 is 0 Å². The molecular formula is C36H39FN4O6. The van der Waals surface area contributed by atoms with Crippen molar-refractivity contribution in [2.75, 3.05) is 26.8 Å². The Labute approximate surface area is 272 Å². The van der Waals surface area contributed by atoms with Crippen LogP contribution in [-0.2, 0) is 40.6 Å². The van der Waals surface area contributed by atoms with E-state index in [0.717, 1.165) is 93.0 Å². The van der Waals surface area contributed by atoms with Gasteiger partial charge in [-0.1, -0.05) is 12.1 Å². The minimum Gasteiger partial charge on any atom is -0.496 e. The molecule has 0 unspecified atom stereocenters. The van der Waals surface area contributed by atoms with Crippen LogP contribution in [0.3, 0.4) is 0 Å². The van der Waals surface area contributed by atoms with Crippen LogP contribution in [-0.4, -0.2) is 64.6 Å². The van der Waals surface area contributed by atoms with E-state index in [1.54, 1.807) is 12.1 Å². The molecule has 0 bridgehead atoms. The lowest BCUT2D eigenvalue weighted by atomic mass is 9.93. The third kappa shape index (κ3) is 7.01. The molecule has 47 heavy (non-hydrogen) atoms. The number of hydrogen-bond acceptors (Lipinski definition) is 9. The second-order valence-electron chi connectivity index (χ2n) is 12.7. The molecule has 0 radical (unpaired) electrons. The number of ketones is 1. The molecule has 0 spiro atoms. The van der Waals surface area contributed by atoms with Crippen molar-refractivity contribution in [3.8, 4) is 11.6 Å². The highest BCUT2D eigenvalue weighted by molar-refractivity contribution is 6.01. The first-order valence-corrected chi connectivity index (χ1v) is 16.4. The summed E-state index contributed by atoms with van der Waals surface area (Å²) in [5, 5.41) is 0. The van der Waals surface area contributed by atoms with Crippen LogP contribution in [0.5, 0.6) is 11.6 Å². The summed E-state index contributed by atoms with van der Waals surface area (Å²) in [6.45, 7) is 4.74. The number of ether oxygens (including phenoxy) is 4. The average molecular weight is 643 g/mol. The normalized spacial score (nSPS) is 18.6. The lowest BCUT2D eigenvalue weighted by Crippen LogP contribution is -2.35. The first-order valence-electron chi connectivity index (χ1n) is 16.4. The molecule has 0 amide bonds. The number of hydrogen-bond donors (Lipinski definition) is 0. The van der Waals surface area contributed by atoms with Crippen LogP contribution in [0.2, 0.25) is 0 Å². The molecular weight excluding hydrogens is 603 g/mol. The third-order valence-electron chi connectivity index (χ3n) is 9.46. The van der Waals surface area contributed by atoms with Crippen LogP contribution in [0.25, 0.3) is 11.0 Å². The zero-order valence-corrected chi connectivity index (χ0v) is 26.5. The van der Waals surface area contributed by atoms with Crippen molar-refractivity contribution in [2.45, 2.75) is 70.4 Å². The SMILES string of the molecule is COc1cc(COc2cccc(C3CCN(Cc4nc5ccc(COC=O)cc5n4C[C@@H]4CCO4)CC3)n2)c(F)cc1C(=O)C1CC1. The zero-order valence-electron chi connectivity index (χ0n) is 26.5. The molecule has 3 aliphatic rings. The Morgan fingerprint density at radius 1 is 1.04 bits per heavy atom. The van der Waals surface area contributed by atoms with Gasteiger partial charge in [0.25, 0.3) is 6.47 Å². The van der Waals surface area contributed by atoms with Crippen molar-refractivity contribution in [1.29, 1.82) is 0 Å². The summed E-state index contributed by atoms with van der Waals surface area (Å²) < 4.78 is 39.3. The van der Waals surface area contributed by atoms with Gasteiger partial charge in [0.2, 0.25) is 5.88 Å². The Hall–Kier alpha value is -4.35. The number of carbonyl (C=O) groups excluding carboxylic acids is 2. The van der Waals surface area contributed by atoms with E-state index in [1.807, 2.05) is 24.3 Å². The molecule has 2 saturated heterocycles. The lowest BCUT2D eigenvalue weighted by Gasteiger charge is -2.32. The summed E-state index contributed by atoms with van der Waals surface area (Å²) in [4.78, 5) is 35.5. The highest BCUT2D eigenvalue weighted by atomic mass is 19.1. The largest absolute Gasteiger partial charge is 0.496 e.